The zero-order chi connectivity index (χ0) is 24.6. The van der Waals surface area contributed by atoms with E-state index in [2.05, 4.69) is 15.1 Å². The van der Waals surface area contributed by atoms with Gasteiger partial charge in [-0.3, -0.25) is 4.90 Å². The molecule has 0 unspecified atom stereocenters. The first-order valence-corrected chi connectivity index (χ1v) is 11.0. The Bertz CT molecular complexity index is 1310. The summed E-state index contributed by atoms with van der Waals surface area (Å²) in [5.41, 5.74) is -0.432. The summed E-state index contributed by atoms with van der Waals surface area (Å²) in [5, 5.41) is 15.8. The maximum absolute atomic E-state index is 14.8. The fraction of sp³-hybridized carbons (Fsp3) is 0.250. The van der Waals surface area contributed by atoms with Gasteiger partial charge < -0.3 is 14.6 Å². The second-order valence-corrected chi connectivity index (χ2v) is 8.43. The molecule has 0 spiro atoms. The fourth-order valence-electron chi connectivity index (χ4n) is 4.47. The van der Waals surface area contributed by atoms with Crippen LogP contribution in [0.15, 0.2) is 73.8 Å². The number of hydrogen-bond donors (Lipinski definition) is 1. The third-order valence-electron chi connectivity index (χ3n) is 6.43. The van der Waals surface area contributed by atoms with Gasteiger partial charge in [0.25, 0.3) is 0 Å². The van der Waals surface area contributed by atoms with E-state index in [0.717, 1.165) is 11.8 Å². The number of rotatable bonds is 7. The van der Waals surface area contributed by atoms with Gasteiger partial charge in [0.15, 0.2) is 0 Å². The summed E-state index contributed by atoms with van der Waals surface area (Å²) in [6, 6.07) is 9.24. The van der Waals surface area contributed by atoms with Crippen LogP contribution in [-0.4, -0.2) is 59.5 Å². The second kappa shape index (κ2) is 8.91. The highest BCUT2D eigenvalue weighted by Crippen LogP contribution is 2.35. The van der Waals surface area contributed by atoms with E-state index in [1.807, 2.05) is 35.0 Å². The van der Waals surface area contributed by atoms with Crippen LogP contribution >= 0.6 is 0 Å². The Labute approximate surface area is 199 Å². The highest BCUT2D eigenvalue weighted by molar-refractivity contribution is 5.94. The van der Waals surface area contributed by atoms with Crippen LogP contribution in [0.3, 0.4) is 0 Å². The maximum atomic E-state index is 14.8. The molecule has 180 valence electrons. The molecule has 1 fully saturated rings. The molecule has 4 aromatic rings. The number of amides is 2. The van der Waals surface area contributed by atoms with Crippen LogP contribution in [0.2, 0.25) is 0 Å². The molecule has 0 radical (unpaired) electrons. The molecule has 1 aliphatic rings. The molecule has 5 rings (SSSR count). The lowest BCUT2D eigenvalue weighted by Gasteiger charge is -2.39. The number of aliphatic hydroxyl groups is 1. The molecule has 1 N–H and O–H groups in total. The summed E-state index contributed by atoms with van der Waals surface area (Å²) in [7, 11) is 0. The van der Waals surface area contributed by atoms with Crippen molar-refractivity contribution >= 4 is 11.7 Å². The highest BCUT2D eigenvalue weighted by Gasteiger charge is 2.46. The number of urea groups is 1. The average Bonchev–Trinajstić information content (AvgIpc) is 3.61. The van der Waals surface area contributed by atoms with Crippen LogP contribution in [0.4, 0.5) is 19.3 Å². The summed E-state index contributed by atoms with van der Waals surface area (Å²) >= 11 is 0. The van der Waals surface area contributed by atoms with Crippen molar-refractivity contribution < 1.29 is 18.7 Å². The van der Waals surface area contributed by atoms with E-state index in [1.54, 1.807) is 24.3 Å². The van der Waals surface area contributed by atoms with Crippen LogP contribution in [0.25, 0.3) is 5.69 Å². The largest absolute Gasteiger partial charge is 0.381 e. The minimum Gasteiger partial charge on any atom is -0.381 e. The van der Waals surface area contributed by atoms with Gasteiger partial charge in [-0.1, -0.05) is 6.07 Å². The topological polar surface area (TPSA) is 92.3 Å². The Balaban J connectivity index is 1.43. The normalized spacial score (nSPS) is 16.5. The number of imidazole rings is 1. The quantitative estimate of drug-likeness (QED) is 0.440. The first kappa shape index (κ1) is 22.7. The Morgan fingerprint density at radius 3 is 2.49 bits per heavy atom. The van der Waals surface area contributed by atoms with Crippen LogP contribution < -0.4 is 4.90 Å². The number of halogens is 2. The molecule has 11 heteroatoms. The number of anilines is 1. The molecule has 0 saturated carbocycles. The van der Waals surface area contributed by atoms with Crippen LogP contribution in [0.1, 0.15) is 12.5 Å². The zero-order valence-electron chi connectivity index (χ0n) is 18.9. The van der Waals surface area contributed by atoms with Crippen molar-refractivity contribution in [2.45, 2.75) is 25.1 Å². The SMILES string of the molecule is C[C@@H](N1CCN(c2ccc(-n3ccnc3)cc2)C1=O)[C@](O)(Cn1cncn1)c1ccc(F)cc1F. The van der Waals surface area contributed by atoms with Gasteiger partial charge in [-0.25, -0.2) is 28.2 Å². The van der Waals surface area contributed by atoms with Gasteiger partial charge in [0.1, 0.15) is 29.9 Å². The van der Waals surface area contributed by atoms with E-state index in [1.165, 1.54) is 28.3 Å². The van der Waals surface area contributed by atoms with Crippen molar-refractivity contribution in [1.29, 1.82) is 0 Å². The van der Waals surface area contributed by atoms with Gasteiger partial charge in [0.2, 0.25) is 0 Å². The van der Waals surface area contributed by atoms with Crippen LogP contribution in [0, 0.1) is 11.6 Å². The van der Waals surface area contributed by atoms with Crippen molar-refractivity contribution in [1.82, 2.24) is 29.2 Å². The van der Waals surface area contributed by atoms with E-state index in [0.29, 0.717) is 24.8 Å². The molecule has 2 amide bonds. The minimum absolute atomic E-state index is 0.127. The summed E-state index contributed by atoms with van der Waals surface area (Å²) in [6.07, 6.45) is 7.87. The summed E-state index contributed by atoms with van der Waals surface area (Å²) < 4.78 is 31.7. The summed E-state index contributed by atoms with van der Waals surface area (Å²) in [6.45, 7) is 2.16. The number of hydrogen-bond acceptors (Lipinski definition) is 5. The molecule has 0 aliphatic carbocycles. The lowest BCUT2D eigenvalue weighted by molar-refractivity contribution is -0.0475. The summed E-state index contributed by atoms with van der Waals surface area (Å²) in [5.74, 6) is -1.66. The lowest BCUT2D eigenvalue weighted by Crippen LogP contribution is -2.53. The van der Waals surface area contributed by atoms with Crippen LogP contribution in [0.5, 0.6) is 0 Å². The molecular weight excluding hydrogens is 456 g/mol. The Kier molecular flexibility index (Phi) is 5.77. The van der Waals surface area contributed by atoms with Crippen molar-refractivity contribution in [2.24, 2.45) is 0 Å². The molecule has 9 nitrogen and oxygen atoms in total. The Morgan fingerprint density at radius 2 is 1.83 bits per heavy atom. The van der Waals surface area contributed by atoms with Gasteiger partial charge in [-0.2, -0.15) is 5.10 Å². The Hall–Kier alpha value is -4.12. The van der Waals surface area contributed by atoms with Gasteiger partial charge in [0.05, 0.1) is 18.9 Å². The average molecular weight is 479 g/mol. The molecule has 2 aromatic carbocycles. The number of carbonyl (C=O) groups is 1. The predicted molar refractivity (Wildman–Crippen MR) is 123 cm³/mol. The molecule has 2 aromatic heterocycles. The molecule has 35 heavy (non-hydrogen) atoms. The van der Waals surface area contributed by atoms with Crippen LogP contribution in [-0.2, 0) is 12.1 Å². The monoisotopic (exact) mass is 479 g/mol. The molecule has 0 bridgehead atoms. The van der Waals surface area contributed by atoms with Crippen molar-refractivity contribution in [3.05, 3.63) is 91.0 Å². The zero-order valence-corrected chi connectivity index (χ0v) is 18.9. The third kappa shape index (κ3) is 4.14. The highest BCUT2D eigenvalue weighted by atomic mass is 19.1. The van der Waals surface area contributed by atoms with E-state index >= 15 is 0 Å². The molecular formula is C24H23F2N7O2. The summed E-state index contributed by atoms with van der Waals surface area (Å²) in [4.78, 5) is 24.4. The third-order valence-corrected chi connectivity index (χ3v) is 6.43. The smallest absolute Gasteiger partial charge is 0.324 e. The number of benzene rings is 2. The van der Waals surface area contributed by atoms with Crippen molar-refractivity contribution in [2.75, 3.05) is 18.0 Å². The predicted octanol–water partition coefficient (Wildman–Crippen LogP) is 2.96. The first-order valence-electron chi connectivity index (χ1n) is 11.0. The van der Waals surface area contributed by atoms with Crippen molar-refractivity contribution in [3.63, 3.8) is 0 Å². The van der Waals surface area contributed by atoms with E-state index < -0.39 is 23.3 Å². The van der Waals surface area contributed by atoms with E-state index in [4.69, 9.17) is 0 Å². The number of aromatic nitrogens is 5. The van der Waals surface area contributed by atoms with Gasteiger partial charge in [-0.05, 0) is 37.3 Å². The second-order valence-electron chi connectivity index (χ2n) is 8.43. The molecule has 1 aliphatic heterocycles. The first-order chi connectivity index (χ1) is 16.9. The van der Waals surface area contributed by atoms with E-state index in [9.17, 15) is 18.7 Å². The van der Waals surface area contributed by atoms with E-state index in [-0.39, 0.29) is 18.1 Å². The number of carbonyl (C=O) groups excluding carboxylic acids is 1. The molecule has 2 atom stereocenters. The lowest BCUT2D eigenvalue weighted by atomic mass is 9.85. The standard InChI is InChI=1S/C24H23F2N7O2/c1-17(24(35,13-31-16-28-14-29-31)21-7-2-18(25)12-22(21)26)32-10-11-33(23(32)34)20-5-3-19(4-6-20)30-9-8-27-15-30/h2-9,12,14-17,35H,10-11,13H2,1H3/t17-,24-/m1/s1. The Morgan fingerprint density at radius 1 is 1.06 bits per heavy atom. The minimum atomic E-state index is -1.90. The van der Waals surface area contributed by atoms with Gasteiger partial charge in [0, 0.05) is 48.5 Å². The fourth-order valence-corrected chi connectivity index (χ4v) is 4.47. The molecule has 1 saturated heterocycles. The van der Waals surface area contributed by atoms with Crippen molar-refractivity contribution in [3.8, 4) is 5.69 Å². The maximum Gasteiger partial charge on any atom is 0.324 e. The molecule has 3 heterocycles. The van der Waals surface area contributed by atoms with Gasteiger partial charge in [-0.15, -0.1) is 0 Å². The number of nitrogens with zero attached hydrogens (tertiary/aromatic N) is 7. The van der Waals surface area contributed by atoms with Gasteiger partial charge >= 0.3 is 6.03 Å².